The molecule has 0 aliphatic rings. The van der Waals surface area contributed by atoms with Gasteiger partial charge in [0.25, 0.3) is 0 Å². The van der Waals surface area contributed by atoms with Crippen molar-refractivity contribution in [2.75, 3.05) is 0 Å². The third-order valence-corrected chi connectivity index (χ3v) is 2.71. The maximum atomic E-state index is 9.73. The Morgan fingerprint density at radius 1 is 1.28 bits per heavy atom. The summed E-state index contributed by atoms with van der Waals surface area (Å²) in [4.78, 5) is 7.94. The number of benzene rings is 1. The van der Waals surface area contributed by atoms with Gasteiger partial charge in [-0.05, 0) is 31.2 Å². The topological polar surface area (TPSA) is 78.3 Å². The van der Waals surface area contributed by atoms with Gasteiger partial charge < -0.3 is 15.5 Å². The van der Waals surface area contributed by atoms with Crippen molar-refractivity contribution < 1.29 is 10.2 Å². The Hall–Kier alpha value is -2.14. The Kier molecular flexibility index (Phi) is 3.74. The van der Waals surface area contributed by atoms with E-state index in [1.54, 1.807) is 12.3 Å². The highest BCUT2D eigenvalue weighted by Crippen LogP contribution is 2.27. The van der Waals surface area contributed by atoms with Gasteiger partial charge in [-0.25, -0.2) is 9.97 Å². The fourth-order valence-corrected chi connectivity index (χ4v) is 1.68. The van der Waals surface area contributed by atoms with E-state index in [0.717, 1.165) is 5.69 Å². The van der Waals surface area contributed by atoms with E-state index in [-0.39, 0.29) is 17.5 Å². The molecule has 0 radical (unpaired) electrons. The lowest BCUT2D eigenvalue weighted by Gasteiger charge is -2.15. The highest BCUT2D eigenvalue weighted by molar-refractivity contribution is 5.40. The Morgan fingerprint density at radius 2 is 2.11 bits per heavy atom. The van der Waals surface area contributed by atoms with E-state index in [1.165, 1.54) is 18.5 Å². The minimum Gasteiger partial charge on any atom is -0.508 e. The standard InChI is InChI=1S/C13H15N3O2/c1-9(12-6-11(17)2-3-13(12)18)15-7-10-4-5-14-8-16-10/h2-6,8-9,15,17-18H,7H2,1H3. The van der Waals surface area contributed by atoms with E-state index < -0.39 is 0 Å². The van der Waals surface area contributed by atoms with Gasteiger partial charge in [-0.2, -0.15) is 0 Å². The second-order valence-electron chi connectivity index (χ2n) is 4.05. The number of hydrogen-bond donors (Lipinski definition) is 3. The normalized spacial score (nSPS) is 12.3. The van der Waals surface area contributed by atoms with E-state index in [2.05, 4.69) is 15.3 Å². The summed E-state index contributed by atoms with van der Waals surface area (Å²) in [6.07, 6.45) is 3.17. The molecule has 0 saturated carbocycles. The summed E-state index contributed by atoms with van der Waals surface area (Å²) in [6.45, 7) is 2.48. The minimum atomic E-state index is -0.0907. The van der Waals surface area contributed by atoms with Crippen molar-refractivity contribution in [3.63, 3.8) is 0 Å². The van der Waals surface area contributed by atoms with Crippen LogP contribution in [0.5, 0.6) is 11.5 Å². The van der Waals surface area contributed by atoms with Gasteiger partial charge in [0, 0.05) is 24.3 Å². The Bertz CT molecular complexity index is 517. The van der Waals surface area contributed by atoms with E-state index in [0.29, 0.717) is 12.1 Å². The molecule has 0 bridgehead atoms. The number of nitrogens with zero attached hydrogens (tertiary/aromatic N) is 2. The molecule has 1 heterocycles. The molecule has 0 fully saturated rings. The van der Waals surface area contributed by atoms with E-state index in [4.69, 9.17) is 0 Å². The van der Waals surface area contributed by atoms with Gasteiger partial charge in [0.1, 0.15) is 17.8 Å². The van der Waals surface area contributed by atoms with Crippen molar-refractivity contribution in [3.8, 4) is 11.5 Å². The first-order valence-corrected chi connectivity index (χ1v) is 5.67. The molecular formula is C13H15N3O2. The lowest BCUT2D eigenvalue weighted by Crippen LogP contribution is -2.18. The largest absolute Gasteiger partial charge is 0.508 e. The van der Waals surface area contributed by atoms with Crippen molar-refractivity contribution in [3.05, 3.63) is 48.0 Å². The number of phenolic OH excluding ortho intramolecular Hbond substituents is 2. The monoisotopic (exact) mass is 245 g/mol. The van der Waals surface area contributed by atoms with Crippen LogP contribution in [0.3, 0.4) is 0 Å². The molecule has 5 nitrogen and oxygen atoms in total. The zero-order valence-electron chi connectivity index (χ0n) is 10.0. The Labute approximate surface area is 105 Å². The second-order valence-corrected chi connectivity index (χ2v) is 4.05. The predicted octanol–water partition coefficient (Wildman–Crippen LogP) is 1.74. The first-order chi connectivity index (χ1) is 8.66. The molecule has 2 aromatic rings. The van der Waals surface area contributed by atoms with Crippen LogP contribution in [0.1, 0.15) is 24.2 Å². The van der Waals surface area contributed by atoms with Crippen molar-refractivity contribution in [1.82, 2.24) is 15.3 Å². The van der Waals surface area contributed by atoms with Crippen molar-refractivity contribution in [2.24, 2.45) is 0 Å². The van der Waals surface area contributed by atoms with Crippen molar-refractivity contribution >= 4 is 0 Å². The molecule has 0 aliphatic heterocycles. The summed E-state index contributed by atoms with van der Waals surface area (Å²) in [5.74, 6) is 0.300. The van der Waals surface area contributed by atoms with Crippen LogP contribution in [0.2, 0.25) is 0 Å². The van der Waals surface area contributed by atoms with E-state index >= 15 is 0 Å². The molecule has 0 saturated heterocycles. The first-order valence-electron chi connectivity index (χ1n) is 5.67. The van der Waals surface area contributed by atoms with Crippen LogP contribution in [0.25, 0.3) is 0 Å². The van der Waals surface area contributed by atoms with Gasteiger partial charge in [0.05, 0.1) is 5.69 Å². The average molecular weight is 245 g/mol. The van der Waals surface area contributed by atoms with Gasteiger partial charge in [0.15, 0.2) is 0 Å². The summed E-state index contributed by atoms with van der Waals surface area (Å²) in [7, 11) is 0. The maximum absolute atomic E-state index is 9.73. The number of phenols is 2. The number of aromatic nitrogens is 2. The number of rotatable bonds is 4. The SMILES string of the molecule is CC(NCc1ccncn1)c1cc(O)ccc1O. The summed E-state index contributed by atoms with van der Waals surface area (Å²) in [6, 6.07) is 6.21. The quantitative estimate of drug-likeness (QED) is 0.715. The molecule has 0 aliphatic carbocycles. The highest BCUT2D eigenvalue weighted by atomic mass is 16.3. The van der Waals surface area contributed by atoms with Crippen molar-refractivity contribution in [1.29, 1.82) is 0 Å². The van der Waals surface area contributed by atoms with Crippen LogP contribution in [-0.4, -0.2) is 20.2 Å². The first kappa shape index (κ1) is 12.3. The Balaban J connectivity index is 2.03. The van der Waals surface area contributed by atoms with Crippen LogP contribution in [0.4, 0.5) is 0 Å². The lowest BCUT2D eigenvalue weighted by molar-refractivity contribution is 0.440. The number of nitrogens with one attached hydrogen (secondary N) is 1. The van der Waals surface area contributed by atoms with Crippen LogP contribution in [0, 0.1) is 0 Å². The molecular weight excluding hydrogens is 230 g/mol. The summed E-state index contributed by atoms with van der Waals surface area (Å²) >= 11 is 0. The van der Waals surface area contributed by atoms with Gasteiger partial charge in [0.2, 0.25) is 0 Å². The van der Waals surface area contributed by atoms with E-state index in [9.17, 15) is 10.2 Å². The molecule has 1 atom stereocenters. The molecule has 3 N–H and O–H groups in total. The third kappa shape index (κ3) is 2.95. The van der Waals surface area contributed by atoms with Gasteiger partial charge in [-0.1, -0.05) is 0 Å². The fourth-order valence-electron chi connectivity index (χ4n) is 1.68. The zero-order valence-corrected chi connectivity index (χ0v) is 10.0. The molecule has 5 heteroatoms. The Morgan fingerprint density at radius 3 is 2.83 bits per heavy atom. The summed E-state index contributed by atoms with van der Waals surface area (Å²) < 4.78 is 0. The van der Waals surface area contributed by atoms with Gasteiger partial charge in [-0.15, -0.1) is 0 Å². The molecule has 94 valence electrons. The molecule has 1 aromatic carbocycles. The van der Waals surface area contributed by atoms with Crippen LogP contribution in [0.15, 0.2) is 36.8 Å². The van der Waals surface area contributed by atoms with Crippen LogP contribution < -0.4 is 5.32 Å². The molecule has 0 amide bonds. The lowest BCUT2D eigenvalue weighted by atomic mass is 10.1. The molecule has 18 heavy (non-hydrogen) atoms. The molecule has 1 unspecified atom stereocenters. The second kappa shape index (κ2) is 5.46. The highest BCUT2D eigenvalue weighted by Gasteiger charge is 2.10. The smallest absolute Gasteiger partial charge is 0.120 e. The summed E-state index contributed by atoms with van der Waals surface area (Å²) in [5, 5.41) is 22.4. The maximum Gasteiger partial charge on any atom is 0.120 e. The summed E-state index contributed by atoms with van der Waals surface area (Å²) in [5.41, 5.74) is 1.53. The van der Waals surface area contributed by atoms with E-state index in [1.807, 2.05) is 13.0 Å². The fraction of sp³-hybridized carbons (Fsp3) is 0.231. The zero-order chi connectivity index (χ0) is 13.0. The third-order valence-electron chi connectivity index (χ3n) is 2.71. The average Bonchev–Trinajstić information content (AvgIpc) is 2.40. The number of hydrogen-bond acceptors (Lipinski definition) is 5. The predicted molar refractivity (Wildman–Crippen MR) is 67.1 cm³/mol. The molecule has 2 rings (SSSR count). The van der Waals surface area contributed by atoms with Crippen LogP contribution >= 0.6 is 0 Å². The van der Waals surface area contributed by atoms with Gasteiger partial charge >= 0.3 is 0 Å². The minimum absolute atomic E-state index is 0.0907. The van der Waals surface area contributed by atoms with Crippen LogP contribution in [-0.2, 0) is 6.54 Å². The van der Waals surface area contributed by atoms with Crippen molar-refractivity contribution in [2.45, 2.75) is 19.5 Å². The molecule has 0 spiro atoms. The number of aromatic hydroxyl groups is 2. The van der Waals surface area contributed by atoms with Gasteiger partial charge in [-0.3, -0.25) is 0 Å². The molecule has 1 aromatic heterocycles.